The average Bonchev–Trinajstić information content (AvgIpc) is 3.04. The number of esters is 1. The highest BCUT2D eigenvalue weighted by Crippen LogP contribution is 2.28. The number of ether oxygens (including phenoxy) is 1. The third-order valence-electron chi connectivity index (χ3n) is 4.81. The van der Waals surface area contributed by atoms with E-state index in [9.17, 15) is 13.2 Å². The molecular formula is C16H19N3O4S. The minimum absolute atomic E-state index is 0.0308. The summed E-state index contributed by atoms with van der Waals surface area (Å²) in [7, 11) is -3.59. The van der Waals surface area contributed by atoms with Crippen molar-refractivity contribution in [2.24, 2.45) is 4.40 Å². The van der Waals surface area contributed by atoms with Gasteiger partial charge in [-0.25, -0.2) is 0 Å². The van der Waals surface area contributed by atoms with Crippen molar-refractivity contribution in [3.8, 4) is 0 Å². The van der Waals surface area contributed by atoms with E-state index in [1.165, 1.54) is 0 Å². The molecule has 2 saturated heterocycles. The van der Waals surface area contributed by atoms with E-state index in [1.54, 1.807) is 18.2 Å². The number of nitrogens with zero attached hydrogens (tertiary/aromatic N) is 3. The van der Waals surface area contributed by atoms with Crippen molar-refractivity contribution in [2.75, 3.05) is 26.2 Å². The first kappa shape index (κ1) is 15.6. The van der Waals surface area contributed by atoms with Crippen LogP contribution in [-0.2, 0) is 19.6 Å². The lowest BCUT2D eigenvalue weighted by Gasteiger charge is -2.37. The summed E-state index contributed by atoms with van der Waals surface area (Å²) >= 11 is 0. The van der Waals surface area contributed by atoms with Gasteiger partial charge in [-0.1, -0.05) is 12.1 Å². The minimum atomic E-state index is -3.59. The van der Waals surface area contributed by atoms with Crippen LogP contribution in [0.4, 0.5) is 0 Å². The first-order valence-electron chi connectivity index (χ1n) is 8.09. The fraction of sp³-hybridized carbons (Fsp3) is 0.500. The second-order valence-corrected chi connectivity index (χ2v) is 7.98. The van der Waals surface area contributed by atoms with Gasteiger partial charge in [0.2, 0.25) is 0 Å². The highest BCUT2D eigenvalue weighted by Gasteiger charge is 2.39. The van der Waals surface area contributed by atoms with Crippen molar-refractivity contribution in [1.82, 2.24) is 9.80 Å². The molecule has 2 fully saturated rings. The number of cyclic esters (lactones) is 1. The Morgan fingerprint density at radius 2 is 1.88 bits per heavy atom. The Bertz CT molecular complexity index is 812. The maximum Gasteiger partial charge on any atom is 0.323 e. The van der Waals surface area contributed by atoms with Gasteiger partial charge < -0.3 is 9.64 Å². The Balaban J connectivity index is 1.50. The summed E-state index contributed by atoms with van der Waals surface area (Å²) in [5.41, 5.74) is 0.667. The lowest BCUT2D eigenvalue weighted by molar-refractivity contribution is -0.145. The largest absolute Gasteiger partial charge is 0.461 e. The van der Waals surface area contributed by atoms with Gasteiger partial charge in [-0.05, 0) is 19.1 Å². The molecule has 2 unspecified atom stereocenters. The Morgan fingerprint density at radius 3 is 2.54 bits per heavy atom. The van der Waals surface area contributed by atoms with Crippen LogP contribution in [0.5, 0.6) is 0 Å². The summed E-state index contributed by atoms with van der Waals surface area (Å²) < 4.78 is 33.5. The van der Waals surface area contributed by atoms with Gasteiger partial charge in [0.05, 0.1) is 0 Å². The fourth-order valence-electron chi connectivity index (χ4n) is 3.60. The van der Waals surface area contributed by atoms with Crippen LogP contribution in [0.15, 0.2) is 33.6 Å². The van der Waals surface area contributed by atoms with E-state index < -0.39 is 10.0 Å². The number of hydrogen-bond acceptors (Lipinski definition) is 6. The van der Waals surface area contributed by atoms with E-state index in [0.29, 0.717) is 37.6 Å². The molecule has 1 aromatic carbocycles. The second-order valence-electron chi connectivity index (χ2n) is 6.41. The zero-order chi connectivity index (χ0) is 16.9. The van der Waals surface area contributed by atoms with Crippen molar-refractivity contribution < 1.29 is 17.9 Å². The average molecular weight is 349 g/mol. The van der Waals surface area contributed by atoms with Crippen LogP contribution < -0.4 is 0 Å². The molecule has 2 atom stereocenters. The van der Waals surface area contributed by atoms with E-state index in [4.69, 9.17) is 4.74 Å². The zero-order valence-electron chi connectivity index (χ0n) is 13.4. The number of fused-ring (bicyclic) bond motifs is 1. The topological polar surface area (TPSA) is 79.3 Å². The second kappa shape index (κ2) is 5.56. The molecule has 4 rings (SSSR count). The number of carbonyl (C=O) groups is 1. The quantitative estimate of drug-likeness (QED) is 0.685. The normalized spacial score (nSPS) is 29.3. The summed E-state index contributed by atoms with van der Waals surface area (Å²) in [6, 6.07) is 6.74. The summed E-state index contributed by atoms with van der Waals surface area (Å²) in [5, 5.41) is 0. The molecule has 0 aliphatic carbocycles. The number of benzene rings is 1. The predicted molar refractivity (Wildman–Crippen MR) is 87.3 cm³/mol. The van der Waals surface area contributed by atoms with Gasteiger partial charge in [-0.2, -0.15) is 8.42 Å². The first-order chi connectivity index (χ1) is 11.5. The molecule has 0 spiro atoms. The molecule has 7 nitrogen and oxygen atoms in total. The van der Waals surface area contributed by atoms with E-state index >= 15 is 0 Å². The maximum absolute atomic E-state index is 12.2. The highest BCUT2D eigenvalue weighted by molar-refractivity contribution is 7.90. The molecule has 0 radical (unpaired) electrons. The monoisotopic (exact) mass is 349 g/mol. The summed E-state index contributed by atoms with van der Waals surface area (Å²) in [6.45, 7) is 4.56. The molecule has 3 aliphatic heterocycles. The van der Waals surface area contributed by atoms with Crippen LogP contribution in [0.2, 0.25) is 0 Å². The summed E-state index contributed by atoms with van der Waals surface area (Å²) in [4.78, 5) is 16.3. The highest BCUT2D eigenvalue weighted by atomic mass is 32.2. The van der Waals surface area contributed by atoms with E-state index in [-0.39, 0.29) is 23.0 Å². The van der Waals surface area contributed by atoms with Gasteiger partial charge in [-0.3, -0.25) is 9.69 Å². The number of carbonyl (C=O) groups excluding carboxylic acids is 1. The molecule has 3 heterocycles. The van der Waals surface area contributed by atoms with Crippen LogP contribution in [0, 0.1) is 0 Å². The van der Waals surface area contributed by atoms with Crippen LogP contribution in [-0.4, -0.2) is 68.3 Å². The molecule has 128 valence electrons. The van der Waals surface area contributed by atoms with E-state index in [0.717, 1.165) is 6.42 Å². The number of hydrogen-bond donors (Lipinski definition) is 0. The molecule has 24 heavy (non-hydrogen) atoms. The SMILES string of the molecule is CC1CC(N2CCN(C3=NS(=O)(=O)c4ccccc43)CC2)C(=O)O1. The van der Waals surface area contributed by atoms with Crippen molar-refractivity contribution in [1.29, 1.82) is 0 Å². The first-order valence-corrected chi connectivity index (χ1v) is 9.53. The minimum Gasteiger partial charge on any atom is -0.461 e. The third kappa shape index (κ3) is 2.50. The van der Waals surface area contributed by atoms with Crippen LogP contribution >= 0.6 is 0 Å². The standard InChI is InChI=1S/C16H19N3O4S/c1-11-10-13(16(20)23-11)18-6-8-19(9-7-18)15-12-4-2-3-5-14(12)24(21,22)17-15/h2-5,11,13H,6-10H2,1H3. The molecule has 8 heteroatoms. The van der Waals surface area contributed by atoms with Crippen LogP contribution in [0.1, 0.15) is 18.9 Å². The van der Waals surface area contributed by atoms with Crippen molar-refractivity contribution >= 4 is 21.8 Å². The fourth-order valence-corrected chi connectivity index (χ4v) is 4.82. The molecule has 0 N–H and O–H groups in total. The van der Waals surface area contributed by atoms with Crippen LogP contribution in [0.25, 0.3) is 0 Å². The van der Waals surface area contributed by atoms with Gasteiger partial charge >= 0.3 is 5.97 Å². The predicted octanol–water partition coefficient (Wildman–Crippen LogP) is 0.457. The maximum atomic E-state index is 12.2. The molecule has 3 aliphatic rings. The van der Waals surface area contributed by atoms with Crippen molar-refractivity contribution in [3.05, 3.63) is 29.8 Å². The molecule has 0 amide bonds. The van der Waals surface area contributed by atoms with Gasteiger partial charge in [0, 0.05) is 38.2 Å². The Labute approximate surface area is 141 Å². The lowest BCUT2D eigenvalue weighted by atomic mass is 10.1. The Morgan fingerprint density at radius 1 is 1.17 bits per heavy atom. The van der Waals surface area contributed by atoms with Crippen molar-refractivity contribution in [3.63, 3.8) is 0 Å². The third-order valence-corrected chi connectivity index (χ3v) is 6.14. The number of sulfonamides is 1. The zero-order valence-corrected chi connectivity index (χ0v) is 14.2. The van der Waals surface area contributed by atoms with E-state index in [1.807, 2.05) is 17.9 Å². The van der Waals surface area contributed by atoms with Gasteiger partial charge in [-0.15, -0.1) is 4.40 Å². The molecule has 1 aromatic rings. The summed E-state index contributed by atoms with van der Waals surface area (Å²) in [5.74, 6) is 0.370. The van der Waals surface area contributed by atoms with Gasteiger partial charge in [0.1, 0.15) is 17.0 Å². The molecule has 0 aromatic heterocycles. The van der Waals surface area contributed by atoms with Crippen LogP contribution in [0.3, 0.4) is 0 Å². The van der Waals surface area contributed by atoms with Gasteiger partial charge in [0.15, 0.2) is 5.84 Å². The number of piperazine rings is 1. The Hall–Kier alpha value is -1.93. The smallest absolute Gasteiger partial charge is 0.323 e. The number of rotatable bonds is 1. The number of amidine groups is 1. The van der Waals surface area contributed by atoms with Crippen molar-refractivity contribution in [2.45, 2.75) is 30.4 Å². The molecule has 0 bridgehead atoms. The molecular weight excluding hydrogens is 330 g/mol. The van der Waals surface area contributed by atoms with Gasteiger partial charge in [0.25, 0.3) is 10.0 Å². The lowest BCUT2D eigenvalue weighted by Crippen LogP contribution is -2.53. The Kier molecular flexibility index (Phi) is 3.61. The summed E-state index contributed by atoms with van der Waals surface area (Å²) in [6.07, 6.45) is 0.688. The van der Waals surface area contributed by atoms with E-state index in [2.05, 4.69) is 9.30 Å². The molecule has 0 saturated carbocycles.